The molecule has 2 atom stereocenters. The molecule has 0 unspecified atom stereocenters. The molecule has 11 nitrogen and oxygen atoms in total. The van der Waals surface area contributed by atoms with Crippen molar-refractivity contribution in [3.05, 3.63) is 30.1 Å². The van der Waals surface area contributed by atoms with Crippen molar-refractivity contribution in [3.63, 3.8) is 0 Å². The van der Waals surface area contributed by atoms with Crippen molar-refractivity contribution in [2.45, 2.75) is 94.9 Å². The Balaban J connectivity index is 0.00000484. The van der Waals surface area contributed by atoms with E-state index in [0.717, 1.165) is 44.1 Å². The summed E-state index contributed by atoms with van der Waals surface area (Å²) in [6.45, 7) is 1.36. The molecule has 1 aliphatic heterocycles. The third kappa shape index (κ3) is 9.64. The lowest BCUT2D eigenvalue weighted by atomic mass is 9.86. The van der Waals surface area contributed by atoms with Crippen molar-refractivity contribution in [3.8, 4) is 0 Å². The fourth-order valence-corrected chi connectivity index (χ4v) is 6.28. The normalized spacial score (nSPS) is 27.6. The lowest BCUT2D eigenvalue weighted by Gasteiger charge is -2.29. The lowest BCUT2D eigenvalue weighted by molar-refractivity contribution is -0.143. The summed E-state index contributed by atoms with van der Waals surface area (Å²) >= 11 is 0. The summed E-state index contributed by atoms with van der Waals surface area (Å²) in [7, 11) is 1.73. The number of nitrogens with zero attached hydrogens (tertiary/aromatic N) is 2. The monoisotopic (exact) mass is 608 g/mol. The molecule has 2 aliphatic carbocycles. The average molecular weight is 609 g/mol. The first-order valence-electron chi connectivity index (χ1n) is 15.0. The molecule has 2 heterocycles. The van der Waals surface area contributed by atoms with Crippen LogP contribution in [0.3, 0.4) is 0 Å². The van der Waals surface area contributed by atoms with Gasteiger partial charge in [0.15, 0.2) is 0 Å². The molecule has 0 aromatic carbocycles. The van der Waals surface area contributed by atoms with Crippen LogP contribution in [0, 0.1) is 11.8 Å². The van der Waals surface area contributed by atoms with Crippen molar-refractivity contribution in [1.82, 2.24) is 20.5 Å². The van der Waals surface area contributed by atoms with Gasteiger partial charge in [-0.2, -0.15) is 0 Å². The zero-order valence-electron chi connectivity index (χ0n) is 24.4. The molecule has 3 N–H and O–H groups in total. The van der Waals surface area contributed by atoms with Gasteiger partial charge in [0, 0.05) is 51.5 Å². The predicted molar refractivity (Wildman–Crippen MR) is 157 cm³/mol. The fourth-order valence-electron chi connectivity index (χ4n) is 6.28. The number of likely N-dealkylation sites (tertiary alicyclic amines) is 1. The summed E-state index contributed by atoms with van der Waals surface area (Å²) in [6, 6.07) is 3.48. The molecule has 1 aromatic rings. The van der Waals surface area contributed by atoms with Gasteiger partial charge < -0.3 is 30.1 Å². The van der Waals surface area contributed by atoms with Gasteiger partial charge >= 0.3 is 5.97 Å². The molecule has 0 radical (unpaired) electrons. The Morgan fingerprint density at radius 1 is 1.02 bits per heavy atom. The molecular weight excluding hydrogens is 564 g/mol. The molecule has 0 spiro atoms. The third-order valence-corrected chi connectivity index (χ3v) is 8.67. The highest BCUT2D eigenvalue weighted by molar-refractivity contribution is 5.90. The van der Waals surface area contributed by atoms with Gasteiger partial charge in [-0.3, -0.25) is 24.2 Å². The maximum atomic E-state index is 12.9. The van der Waals surface area contributed by atoms with E-state index in [-0.39, 0.29) is 66.8 Å². The van der Waals surface area contributed by atoms with Crippen molar-refractivity contribution in [2.24, 2.45) is 11.8 Å². The zero-order valence-corrected chi connectivity index (χ0v) is 25.2. The first-order valence-corrected chi connectivity index (χ1v) is 15.0. The molecule has 2 saturated carbocycles. The van der Waals surface area contributed by atoms with Gasteiger partial charge in [-0.05, 0) is 69.4 Å². The SMILES string of the molecule is CN1C(=O)C[C@H](C(=O)NCCOC2CCC(OCCCC(=O)NC3CCC(C(=O)O)CC3)CC2)[C@H]1c1cccnc1.Cl. The molecular formula is C30H45ClN4O7. The molecule has 234 valence electrons. The Morgan fingerprint density at radius 3 is 2.31 bits per heavy atom. The van der Waals surface area contributed by atoms with Crippen LogP contribution in [0.4, 0.5) is 0 Å². The second-order valence-electron chi connectivity index (χ2n) is 11.5. The first-order chi connectivity index (χ1) is 19.8. The second-order valence-corrected chi connectivity index (χ2v) is 11.5. The van der Waals surface area contributed by atoms with Gasteiger partial charge in [0.25, 0.3) is 0 Å². The number of carboxylic acids is 1. The number of hydrogen-bond acceptors (Lipinski definition) is 7. The number of aromatic nitrogens is 1. The van der Waals surface area contributed by atoms with Crippen LogP contribution in [-0.4, -0.2) is 83.7 Å². The minimum absolute atomic E-state index is 0. The number of carboxylic acid groups (broad SMARTS) is 1. The summed E-state index contributed by atoms with van der Waals surface area (Å²) in [5, 5.41) is 15.1. The van der Waals surface area contributed by atoms with Crippen LogP contribution in [0.15, 0.2) is 24.5 Å². The Bertz CT molecular complexity index is 1030. The number of ether oxygens (including phenoxy) is 2. The Hall–Kier alpha value is -2.76. The smallest absolute Gasteiger partial charge is 0.306 e. The van der Waals surface area contributed by atoms with E-state index in [1.54, 1.807) is 24.3 Å². The molecule has 0 bridgehead atoms. The Kier molecular flexibility index (Phi) is 13.5. The molecule has 42 heavy (non-hydrogen) atoms. The van der Waals surface area contributed by atoms with E-state index in [2.05, 4.69) is 15.6 Å². The van der Waals surface area contributed by atoms with Crippen LogP contribution >= 0.6 is 12.4 Å². The number of hydrogen-bond donors (Lipinski definition) is 3. The van der Waals surface area contributed by atoms with Gasteiger partial charge in [-0.25, -0.2) is 0 Å². The standard InChI is InChI=1S/C30H44N4O7.ClH/c1-34-27(36)18-25(28(34)21-4-2-14-31-19-21)29(37)32-15-17-41-24-12-10-23(11-13-24)40-16-3-5-26(35)33-22-8-6-20(7-9-22)30(38)39;/h2,4,14,19-20,22-25,28H,3,5-13,15-18H2,1H3,(H,32,37)(H,33,35)(H,38,39);1H/t20?,22?,23?,24?,25-,28+;/m0./s1. The molecule has 3 aliphatic rings. The summed E-state index contributed by atoms with van der Waals surface area (Å²) < 4.78 is 12.0. The van der Waals surface area contributed by atoms with E-state index in [0.29, 0.717) is 45.4 Å². The van der Waals surface area contributed by atoms with E-state index >= 15 is 0 Å². The summed E-state index contributed by atoms with van der Waals surface area (Å²) in [5.74, 6) is -1.64. The number of carbonyl (C=O) groups excluding carboxylic acids is 3. The Labute approximate surface area is 253 Å². The number of amides is 3. The Morgan fingerprint density at radius 2 is 1.69 bits per heavy atom. The topological polar surface area (TPSA) is 147 Å². The minimum Gasteiger partial charge on any atom is -0.481 e. The van der Waals surface area contributed by atoms with E-state index in [4.69, 9.17) is 14.6 Å². The number of carbonyl (C=O) groups is 4. The van der Waals surface area contributed by atoms with Crippen molar-refractivity contribution < 1.29 is 33.8 Å². The van der Waals surface area contributed by atoms with Crippen LogP contribution < -0.4 is 10.6 Å². The lowest BCUT2D eigenvalue weighted by Crippen LogP contribution is -2.38. The van der Waals surface area contributed by atoms with E-state index in [9.17, 15) is 19.2 Å². The van der Waals surface area contributed by atoms with Crippen LogP contribution in [-0.2, 0) is 28.7 Å². The third-order valence-electron chi connectivity index (χ3n) is 8.67. The summed E-state index contributed by atoms with van der Waals surface area (Å²) in [5.41, 5.74) is 0.858. The molecule has 1 saturated heterocycles. The minimum atomic E-state index is -0.737. The van der Waals surface area contributed by atoms with E-state index in [1.807, 2.05) is 12.1 Å². The maximum Gasteiger partial charge on any atom is 0.306 e. The number of rotatable bonds is 13. The largest absolute Gasteiger partial charge is 0.481 e. The quantitative estimate of drug-likeness (QED) is 0.290. The van der Waals surface area contributed by atoms with Gasteiger partial charge in [0.1, 0.15) is 0 Å². The van der Waals surface area contributed by atoms with E-state index < -0.39 is 11.9 Å². The molecule has 1 aromatic heterocycles. The van der Waals surface area contributed by atoms with Gasteiger partial charge in [0.05, 0.1) is 36.7 Å². The highest BCUT2D eigenvalue weighted by Crippen LogP contribution is 2.36. The van der Waals surface area contributed by atoms with Crippen LogP contribution in [0.5, 0.6) is 0 Å². The predicted octanol–water partition coefficient (Wildman–Crippen LogP) is 3.02. The van der Waals surface area contributed by atoms with Crippen molar-refractivity contribution >= 4 is 36.1 Å². The number of halogens is 1. The van der Waals surface area contributed by atoms with Gasteiger partial charge in [-0.1, -0.05) is 6.07 Å². The van der Waals surface area contributed by atoms with Crippen LogP contribution in [0.2, 0.25) is 0 Å². The van der Waals surface area contributed by atoms with Crippen molar-refractivity contribution in [2.75, 3.05) is 26.8 Å². The van der Waals surface area contributed by atoms with Gasteiger partial charge in [-0.15, -0.1) is 12.4 Å². The van der Waals surface area contributed by atoms with Crippen LogP contribution in [0.1, 0.15) is 82.2 Å². The van der Waals surface area contributed by atoms with Crippen molar-refractivity contribution in [1.29, 1.82) is 0 Å². The molecule has 12 heteroatoms. The van der Waals surface area contributed by atoms with Crippen LogP contribution in [0.25, 0.3) is 0 Å². The zero-order chi connectivity index (χ0) is 29.2. The summed E-state index contributed by atoms with van der Waals surface area (Å²) in [4.78, 5) is 54.2. The first kappa shape index (κ1) is 33.7. The van der Waals surface area contributed by atoms with E-state index in [1.165, 1.54) is 0 Å². The number of nitrogens with one attached hydrogen (secondary N) is 2. The molecule has 3 fully saturated rings. The fraction of sp³-hybridized carbons (Fsp3) is 0.700. The highest BCUT2D eigenvalue weighted by atomic mass is 35.5. The molecule has 4 rings (SSSR count). The maximum absolute atomic E-state index is 12.9. The van der Waals surface area contributed by atoms with Gasteiger partial charge in [0.2, 0.25) is 17.7 Å². The average Bonchev–Trinajstić information content (AvgIpc) is 3.28. The number of aliphatic carboxylic acids is 1. The number of pyridine rings is 1. The highest BCUT2D eigenvalue weighted by Gasteiger charge is 2.42. The summed E-state index contributed by atoms with van der Waals surface area (Å²) in [6.07, 6.45) is 11.2. The molecule has 3 amide bonds. The second kappa shape index (κ2) is 16.8.